The summed E-state index contributed by atoms with van der Waals surface area (Å²) in [7, 11) is 3.50. The fourth-order valence-corrected chi connectivity index (χ4v) is 3.24. The normalized spacial score (nSPS) is 32.7. The number of nitrogens with one attached hydrogen (secondary N) is 1. The molecule has 1 amide bonds. The topological polar surface area (TPSA) is 65.4 Å². The maximum atomic E-state index is 12.2. The lowest BCUT2D eigenvalue weighted by Crippen LogP contribution is -2.62. The van der Waals surface area contributed by atoms with Gasteiger partial charge in [0.1, 0.15) is 5.69 Å². The zero-order chi connectivity index (χ0) is 13.4. The largest absolute Gasteiger partial charge is 0.384 e. The Bertz CT molecular complexity index is 473. The summed E-state index contributed by atoms with van der Waals surface area (Å²) in [6.45, 7) is 1.41. The van der Waals surface area contributed by atoms with Crippen molar-refractivity contribution in [2.45, 2.75) is 18.6 Å². The van der Waals surface area contributed by atoms with Crippen molar-refractivity contribution in [2.75, 3.05) is 20.3 Å². The first-order chi connectivity index (χ1) is 9.22. The Morgan fingerprint density at radius 1 is 1.68 bits per heavy atom. The third kappa shape index (κ3) is 2.04. The van der Waals surface area contributed by atoms with Crippen LogP contribution in [0.2, 0.25) is 0 Å². The van der Waals surface area contributed by atoms with E-state index in [0.29, 0.717) is 18.2 Å². The van der Waals surface area contributed by atoms with Crippen LogP contribution in [0.3, 0.4) is 0 Å². The number of hydrogen-bond acceptors (Lipinski definition) is 4. The lowest BCUT2D eigenvalue weighted by molar-refractivity contribution is -0.0810. The highest BCUT2D eigenvalue weighted by atomic mass is 16.5. The SMILES string of the molecule is COC[C@H]1[C@@H](NC(=O)c2cncn2C)[C@@H]2CCO[C@@H]21. The second kappa shape index (κ2) is 4.94. The van der Waals surface area contributed by atoms with Crippen molar-refractivity contribution >= 4 is 5.91 Å². The number of hydrogen-bond donors (Lipinski definition) is 1. The molecule has 6 nitrogen and oxygen atoms in total. The molecule has 1 N–H and O–H groups in total. The van der Waals surface area contributed by atoms with Crippen LogP contribution in [0.5, 0.6) is 0 Å². The molecule has 2 heterocycles. The van der Waals surface area contributed by atoms with E-state index in [4.69, 9.17) is 9.47 Å². The molecule has 1 aliphatic carbocycles. The molecular weight excluding hydrogens is 246 g/mol. The number of carbonyl (C=O) groups is 1. The molecule has 104 valence electrons. The number of aromatic nitrogens is 2. The molecule has 1 aromatic heterocycles. The maximum absolute atomic E-state index is 12.2. The minimum Gasteiger partial charge on any atom is -0.384 e. The molecule has 0 bridgehead atoms. The summed E-state index contributed by atoms with van der Waals surface area (Å²) in [5, 5.41) is 3.11. The van der Waals surface area contributed by atoms with Gasteiger partial charge in [-0.15, -0.1) is 0 Å². The van der Waals surface area contributed by atoms with Crippen molar-refractivity contribution in [3.63, 3.8) is 0 Å². The van der Waals surface area contributed by atoms with Crippen LogP contribution in [-0.2, 0) is 16.5 Å². The molecule has 3 rings (SSSR count). The zero-order valence-electron chi connectivity index (χ0n) is 11.2. The molecule has 1 saturated carbocycles. The summed E-state index contributed by atoms with van der Waals surface area (Å²) in [6.07, 6.45) is 4.48. The Morgan fingerprint density at radius 3 is 3.21 bits per heavy atom. The average Bonchev–Trinajstić information content (AvgIpc) is 2.99. The summed E-state index contributed by atoms with van der Waals surface area (Å²) < 4.78 is 12.6. The summed E-state index contributed by atoms with van der Waals surface area (Å²) >= 11 is 0. The van der Waals surface area contributed by atoms with Crippen LogP contribution >= 0.6 is 0 Å². The van der Waals surface area contributed by atoms with Gasteiger partial charge in [0.25, 0.3) is 5.91 Å². The first-order valence-corrected chi connectivity index (χ1v) is 6.60. The van der Waals surface area contributed by atoms with Crippen LogP contribution in [0.4, 0.5) is 0 Å². The van der Waals surface area contributed by atoms with Gasteiger partial charge in [0.2, 0.25) is 0 Å². The Morgan fingerprint density at radius 2 is 2.53 bits per heavy atom. The highest BCUT2D eigenvalue weighted by molar-refractivity contribution is 5.92. The summed E-state index contributed by atoms with van der Waals surface area (Å²) in [6, 6.07) is 0.148. The van der Waals surface area contributed by atoms with Gasteiger partial charge in [0.05, 0.1) is 25.2 Å². The molecule has 0 aromatic carbocycles. The van der Waals surface area contributed by atoms with Crippen molar-refractivity contribution in [3.8, 4) is 0 Å². The lowest BCUT2D eigenvalue weighted by Gasteiger charge is -2.47. The van der Waals surface area contributed by atoms with E-state index in [1.165, 1.54) is 0 Å². The van der Waals surface area contributed by atoms with Gasteiger partial charge in [0.15, 0.2) is 0 Å². The van der Waals surface area contributed by atoms with Gasteiger partial charge in [-0.25, -0.2) is 4.98 Å². The Hall–Kier alpha value is -1.40. The van der Waals surface area contributed by atoms with E-state index < -0.39 is 0 Å². The molecule has 6 heteroatoms. The first kappa shape index (κ1) is 12.6. The highest BCUT2D eigenvalue weighted by Crippen LogP contribution is 2.43. The van der Waals surface area contributed by atoms with Crippen LogP contribution in [-0.4, -0.2) is 47.9 Å². The second-order valence-electron chi connectivity index (χ2n) is 5.30. The number of rotatable bonds is 4. The fraction of sp³-hybridized carbons (Fsp3) is 0.692. The predicted octanol–water partition coefficient (Wildman–Crippen LogP) is 0.200. The van der Waals surface area contributed by atoms with Gasteiger partial charge in [-0.2, -0.15) is 0 Å². The van der Waals surface area contributed by atoms with E-state index in [1.54, 1.807) is 24.2 Å². The molecule has 2 fully saturated rings. The minimum atomic E-state index is -0.0727. The van der Waals surface area contributed by atoms with Crippen LogP contribution in [0.25, 0.3) is 0 Å². The third-order valence-corrected chi connectivity index (χ3v) is 4.23. The van der Waals surface area contributed by atoms with Gasteiger partial charge < -0.3 is 19.4 Å². The number of fused-ring (bicyclic) bond motifs is 1. The van der Waals surface area contributed by atoms with E-state index in [0.717, 1.165) is 13.0 Å². The summed E-state index contributed by atoms with van der Waals surface area (Å²) in [4.78, 5) is 16.2. The van der Waals surface area contributed by atoms with E-state index in [2.05, 4.69) is 10.3 Å². The van der Waals surface area contributed by atoms with Crippen molar-refractivity contribution in [1.82, 2.24) is 14.9 Å². The number of carbonyl (C=O) groups excluding carboxylic acids is 1. The molecule has 0 unspecified atom stereocenters. The van der Waals surface area contributed by atoms with Crippen LogP contribution in [0.1, 0.15) is 16.9 Å². The van der Waals surface area contributed by atoms with E-state index in [-0.39, 0.29) is 24.0 Å². The number of ether oxygens (including phenoxy) is 2. The molecule has 0 spiro atoms. The van der Waals surface area contributed by atoms with Gasteiger partial charge in [-0.1, -0.05) is 0 Å². The van der Waals surface area contributed by atoms with Crippen LogP contribution in [0.15, 0.2) is 12.5 Å². The highest BCUT2D eigenvalue weighted by Gasteiger charge is 2.54. The van der Waals surface area contributed by atoms with Gasteiger partial charge in [-0.05, 0) is 6.42 Å². The van der Waals surface area contributed by atoms with Gasteiger partial charge >= 0.3 is 0 Å². The van der Waals surface area contributed by atoms with E-state index in [1.807, 2.05) is 7.05 Å². The molecule has 1 saturated heterocycles. The standard InChI is InChI=1S/C13H19N3O3/c1-16-7-14-5-10(16)13(17)15-11-8-3-4-19-12(8)9(11)6-18-2/h5,7-9,11-12H,3-4,6H2,1-2H3,(H,15,17)/t8-,9-,11-,12-/m0/s1. The Kier molecular flexibility index (Phi) is 3.28. The molecule has 1 aromatic rings. The summed E-state index contributed by atoms with van der Waals surface area (Å²) in [5.41, 5.74) is 0.582. The van der Waals surface area contributed by atoms with Crippen molar-refractivity contribution in [3.05, 3.63) is 18.2 Å². The summed E-state index contributed by atoms with van der Waals surface area (Å²) in [5.74, 6) is 0.614. The fourth-order valence-electron chi connectivity index (χ4n) is 3.24. The molecule has 1 aliphatic heterocycles. The molecule has 4 atom stereocenters. The molecule has 19 heavy (non-hydrogen) atoms. The quantitative estimate of drug-likeness (QED) is 0.844. The van der Waals surface area contributed by atoms with Crippen LogP contribution < -0.4 is 5.32 Å². The average molecular weight is 265 g/mol. The first-order valence-electron chi connectivity index (χ1n) is 6.60. The maximum Gasteiger partial charge on any atom is 0.269 e. The van der Waals surface area contributed by atoms with Crippen molar-refractivity contribution < 1.29 is 14.3 Å². The zero-order valence-corrected chi connectivity index (χ0v) is 11.2. The Balaban J connectivity index is 1.68. The number of methoxy groups -OCH3 is 1. The molecule has 0 radical (unpaired) electrons. The predicted molar refractivity (Wildman–Crippen MR) is 67.7 cm³/mol. The number of amides is 1. The van der Waals surface area contributed by atoms with Gasteiger partial charge in [0, 0.05) is 38.6 Å². The minimum absolute atomic E-state index is 0.0727. The number of aryl methyl sites for hydroxylation is 1. The lowest BCUT2D eigenvalue weighted by atomic mass is 9.67. The third-order valence-electron chi connectivity index (χ3n) is 4.23. The monoisotopic (exact) mass is 265 g/mol. The van der Waals surface area contributed by atoms with Crippen LogP contribution in [0, 0.1) is 11.8 Å². The number of imidazole rings is 1. The van der Waals surface area contributed by atoms with Crippen molar-refractivity contribution in [1.29, 1.82) is 0 Å². The molecular formula is C13H19N3O3. The van der Waals surface area contributed by atoms with E-state index >= 15 is 0 Å². The van der Waals surface area contributed by atoms with Crippen molar-refractivity contribution in [2.24, 2.45) is 18.9 Å². The second-order valence-corrected chi connectivity index (χ2v) is 5.30. The van der Waals surface area contributed by atoms with E-state index in [9.17, 15) is 4.79 Å². The molecule has 2 aliphatic rings. The Labute approximate surface area is 112 Å². The van der Waals surface area contributed by atoms with Gasteiger partial charge in [-0.3, -0.25) is 4.79 Å². The number of nitrogens with zero attached hydrogens (tertiary/aromatic N) is 2. The smallest absolute Gasteiger partial charge is 0.269 e.